The van der Waals surface area contributed by atoms with E-state index in [4.69, 9.17) is 4.74 Å². The van der Waals surface area contributed by atoms with Gasteiger partial charge in [-0.05, 0) is 30.5 Å². The number of rotatable bonds is 6. The molecule has 0 unspecified atom stereocenters. The highest BCUT2D eigenvalue weighted by Gasteiger charge is 2.10. The summed E-state index contributed by atoms with van der Waals surface area (Å²) >= 11 is 0. The Labute approximate surface area is 136 Å². The molecule has 2 aromatic rings. The number of esters is 1. The second-order valence-electron chi connectivity index (χ2n) is 5.38. The summed E-state index contributed by atoms with van der Waals surface area (Å²) in [4.78, 5) is 23.7. The molecule has 0 atom stereocenters. The average Bonchev–Trinajstić information content (AvgIpc) is 2.55. The van der Waals surface area contributed by atoms with E-state index in [0.29, 0.717) is 0 Å². The van der Waals surface area contributed by atoms with Gasteiger partial charge in [0.2, 0.25) is 0 Å². The van der Waals surface area contributed by atoms with Crippen molar-refractivity contribution in [2.24, 2.45) is 0 Å². The fourth-order valence-electron chi connectivity index (χ4n) is 2.21. The van der Waals surface area contributed by atoms with Gasteiger partial charge >= 0.3 is 5.97 Å². The van der Waals surface area contributed by atoms with Crippen molar-refractivity contribution in [1.82, 2.24) is 0 Å². The van der Waals surface area contributed by atoms with E-state index in [0.717, 1.165) is 28.8 Å². The third-order valence-corrected chi connectivity index (χ3v) is 3.51. The van der Waals surface area contributed by atoms with E-state index >= 15 is 0 Å². The van der Waals surface area contributed by atoms with Gasteiger partial charge in [0.15, 0.2) is 6.61 Å². The van der Waals surface area contributed by atoms with Gasteiger partial charge < -0.3 is 10.1 Å². The summed E-state index contributed by atoms with van der Waals surface area (Å²) < 4.78 is 5.03. The molecule has 1 amide bonds. The lowest BCUT2D eigenvalue weighted by atomic mass is 10.1. The molecule has 2 aromatic carbocycles. The first-order valence-electron chi connectivity index (χ1n) is 7.67. The van der Waals surface area contributed by atoms with Crippen LogP contribution in [0.4, 0.5) is 5.69 Å². The van der Waals surface area contributed by atoms with Gasteiger partial charge in [-0.2, -0.15) is 0 Å². The summed E-state index contributed by atoms with van der Waals surface area (Å²) in [6.07, 6.45) is 0.989. The molecule has 4 nitrogen and oxygen atoms in total. The molecule has 0 radical (unpaired) electrons. The lowest BCUT2D eigenvalue weighted by molar-refractivity contribution is -0.146. The standard InChI is InChI=1S/C19H21NO3/c1-3-16-6-4-5-7-17(16)20-18(21)13-23-19(22)12-15-10-8-14(2)9-11-15/h4-11H,3,12-13H2,1-2H3,(H,20,21). The Hall–Kier alpha value is -2.62. The fraction of sp³-hybridized carbons (Fsp3) is 0.263. The first kappa shape index (κ1) is 16.7. The van der Waals surface area contributed by atoms with Gasteiger partial charge in [0, 0.05) is 5.69 Å². The van der Waals surface area contributed by atoms with Crippen molar-refractivity contribution >= 4 is 17.6 Å². The minimum absolute atomic E-state index is 0.166. The summed E-state index contributed by atoms with van der Waals surface area (Å²) in [6, 6.07) is 15.2. The number of ether oxygens (including phenoxy) is 1. The molecule has 120 valence electrons. The molecule has 0 saturated carbocycles. The van der Waals surface area contributed by atoms with E-state index in [-0.39, 0.29) is 18.9 Å². The van der Waals surface area contributed by atoms with Gasteiger partial charge in [-0.1, -0.05) is 55.0 Å². The number of hydrogen-bond donors (Lipinski definition) is 1. The molecule has 0 saturated heterocycles. The molecule has 0 fully saturated rings. The smallest absolute Gasteiger partial charge is 0.310 e. The molecular formula is C19H21NO3. The Morgan fingerprint density at radius 2 is 1.74 bits per heavy atom. The van der Waals surface area contributed by atoms with Gasteiger partial charge in [0.1, 0.15) is 0 Å². The predicted molar refractivity (Wildman–Crippen MR) is 90.3 cm³/mol. The third-order valence-electron chi connectivity index (χ3n) is 3.51. The largest absolute Gasteiger partial charge is 0.455 e. The zero-order chi connectivity index (χ0) is 16.7. The number of anilines is 1. The molecule has 2 rings (SSSR count). The van der Waals surface area contributed by atoms with Crippen LogP contribution in [0, 0.1) is 6.92 Å². The average molecular weight is 311 g/mol. The maximum absolute atomic E-state index is 11.9. The van der Waals surface area contributed by atoms with Gasteiger partial charge in [0.05, 0.1) is 6.42 Å². The molecule has 0 bridgehead atoms. The number of aryl methyl sites for hydroxylation is 2. The zero-order valence-electron chi connectivity index (χ0n) is 13.5. The maximum Gasteiger partial charge on any atom is 0.310 e. The van der Waals surface area contributed by atoms with Crippen molar-refractivity contribution < 1.29 is 14.3 Å². The third kappa shape index (κ3) is 5.25. The Morgan fingerprint density at radius 3 is 2.43 bits per heavy atom. The molecular weight excluding hydrogens is 290 g/mol. The van der Waals surface area contributed by atoms with E-state index in [9.17, 15) is 9.59 Å². The van der Waals surface area contributed by atoms with Gasteiger partial charge in [-0.15, -0.1) is 0 Å². The summed E-state index contributed by atoms with van der Waals surface area (Å²) in [5, 5.41) is 2.77. The number of carbonyl (C=O) groups excluding carboxylic acids is 2. The van der Waals surface area contributed by atoms with E-state index in [1.54, 1.807) is 0 Å². The van der Waals surface area contributed by atoms with Crippen LogP contribution in [-0.2, 0) is 27.2 Å². The van der Waals surface area contributed by atoms with Gasteiger partial charge in [-0.3, -0.25) is 9.59 Å². The lowest BCUT2D eigenvalue weighted by Gasteiger charge is -2.10. The summed E-state index contributed by atoms with van der Waals surface area (Å²) in [6.45, 7) is 3.73. The molecule has 4 heteroatoms. The highest BCUT2D eigenvalue weighted by atomic mass is 16.5. The summed E-state index contributed by atoms with van der Waals surface area (Å²) in [5.74, 6) is -0.740. The van der Waals surface area contributed by atoms with Crippen molar-refractivity contribution in [3.63, 3.8) is 0 Å². The minimum Gasteiger partial charge on any atom is -0.455 e. The van der Waals surface area contributed by atoms with Crippen molar-refractivity contribution in [1.29, 1.82) is 0 Å². The Kier molecular flexibility index (Phi) is 5.92. The predicted octanol–water partition coefficient (Wildman–Crippen LogP) is 3.28. The Balaban J connectivity index is 1.82. The number of hydrogen-bond acceptors (Lipinski definition) is 3. The van der Waals surface area contributed by atoms with E-state index in [1.807, 2.05) is 62.4 Å². The number of carbonyl (C=O) groups is 2. The van der Waals surface area contributed by atoms with Crippen molar-refractivity contribution in [3.05, 3.63) is 65.2 Å². The molecule has 0 aliphatic rings. The fourth-order valence-corrected chi connectivity index (χ4v) is 2.21. The maximum atomic E-state index is 11.9. The molecule has 0 aliphatic carbocycles. The van der Waals surface area contributed by atoms with E-state index in [2.05, 4.69) is 5.32 Å². The van der Waals surface area contributed by atoms with E-state index in [1.165, 1.54) is 0 Å². The van der Waals surface area contributed by atoms with Crippen LogP contribution in [0.5, 0.6) is 0 Å². The van der Waals surface area contributed by atoms with E-state index < -0.39 is 5.97 Å². The first-order chi connectivity index (χ1) is 11.1. The van der Waals surface area contributed by atoms with Crippen LogP contribution < -0.4 is 5.32 Å². The number of nitrogens with one attached hydrogen (secondary N) is 1. The SMILES string of the molecule is CCc1ccccc1NC(=O)COC(=O)Cc1ccc(C)cc1. The summed E-state index contributed by atoms with van der Waals surface area (Å²) in [5.41, 5.74) is 3.81. The van der Waals surface area contributed by atoms with Crippen LogP contribution in [0.2, 0.25) is 0 Å². The normalized spacial score (nSPS) is 10.2. The topological polar surface area (TPSA) is 55.4 Å². The quantitative estimate of drug-likeness (QED) is 0.833. The second kappa shape index (κ2) is 8.13. The number of para-hydroxylation sites is 1. The minimum atomic E-state index is -0.409. The van der Waals surface area contributed by atoms with Crippen LogP contribution in [0.3, 0.4) is 0 Å². The Morgan fingerprint density at radius 1 is 1.04 bits per heavy atom. The lowest BCUT2D eigenvalue weighted by Crippen LogP contribution is -2.22. The van der Waals surface area contributed by atoms with Crippen LogP contribution in [-0.4, -0.2) is 18.5 Å². The number of amides is 1. The van der Waals surface area contributed by atoms with Crippen LogP contribution >= 0.6 is 0 Å². The van der Waals surface area contributed by atoms with Crippen LogP contribution in [0.25, 0.3) is 0 Å². The molecule has 23 heavy (non-hydrogen) atoms. The van der Waals surface area contributed by atoms with Crippen LogP contribution in [0.15, 0.2) is 48.5 Å². The number of benzene rings is 2. The van der Waals surface area contributed by atoms with Crippen molar-refractivity contribution in [3.8, 4) is 0 Å². The first-order valence-corrected chi connectivity index (χ1v) is 7.67. The van der Waals surface area contributed by atoms with Gasteiger partial charge in [0.25, 0.3) is 5.91 Å². The Bertz CT molecular complexity index is 677. The molecule has 0 heterocycles. The molecule has 0 spiro atoms. The highest BCUT2D eigenvalue weighted by Crippen LogP contribution is 2.15. The van der Waals surface area contributed by atoms with Crippen molar-refractivity contribution in [2.45, 2.75) is 26.7 Å². The van der Waals surface area contributed by atoms with Crippen molar-refractivity contribution in [2.75, 3.05) is 11.9 Å². The van der Waals surface area contributed by atoms with Crippen LogP contribution in [0.1, 0.15) is 23.6 Å². The highest BCUT2D eigenvalue weighted by molar-refractivity contribution is 5.93. The second-order valence-corrected chi connectivity index (χ2v) is 5.38. The van der Waals surface area contributed by atoms with Gasteiger partial charge in [-0.25, -0.2) is 0 Å². The zero-order valence-corrected chi connectivity index (χ0v) is 13.5. The molecule has 0 aliphatic heterocycles. The molecule has 1 N–H and O–H groups in total. The monoisotopic (exact) mass is 311 g/mol. The molecule has 0 aromatic heterocycles. The summed E-state index contributed by atoms with van der Waals surface area (Å²) in [7, 11) is 0.